The van der Waals surface area contributed by atoms with Crippen LogP contribution in [0.5, 0.6) is 0 Å². The van der Waals surface area contributed by atoms with Crippen LogP contribution < -0.4 is 16.0 Å². The normalized spacial score (nSPS) is 10.6. The number of nitrogens with zero attached hydrogens (tertiary/aromatic N) is 1. The van der Waals surface area contributed by atoms with E-state index in [1.165, 1.54) is 0 Å². The first kappa shape index (κ1) is 15.5. The van der Waals surface area contributed by atoms with Gasteiger partial charge in [0.15, 0.2) is 0 Å². The van der Waals surface area contributed by atoms with Crippen LogP contribution in [0.4, 0.5) is 5.69 Å². The van der Waals surface area contributed by atoms with Gasteiger partial charge in [0.2, 0.25) is 5.91 Å². The van der Waals surface area contributed by atoms with Crippen molar-refractivity contribution in [3.05, 3.63) is 29.8 Å². The SMILES string of the molecule is CCC(CC)NC(=O)CN(C)c1cccc(CN)c1. The number of anilines is 1. The molecule has 0 atom stereocenters. The first-order valence-electron chi connectivity index (χ1n) is 6.90. The molecule has 1 aromatic rings. The minimum Gasteiger partial charge on any atom is -0.365 e. The Bertz CT molecular complexity index is 402. The maximum Gasteiger partial charge on any atom is 0.239 e. The molecule has 0 unspecified atom stereocenters. The molecule has 3 N–H and O–H groups in total. The summed E-state index contributed by atoms with van der Waals surface area (Å²) in [5.41, 5.74) is 7.71. The van der Waals surface area contributed by atoms with Gasteiger partial charge in [-0.05, 0) is 30.5 Å². The molecule has 4 heteroatoms. The number of nitrogens with one attached hydrogen (secondary N) is 1. The van der Waals surface area contributed by atoms with Crippen LogP contribution in [0.1, 0.15) is 32.3 Å². The van der Waals surface area contributed by atoms with E-state index < -0.39 is 0 Å². The lowest BCUT2D eigenvalue weighted by molar-refractivity contribution is -0.120. The molecule has 1 aromatic carbocycles. The molecule has 0 saturated heterocycles. The molecule has 0 aliphatic heterocycles. The fourth-order valence-electron chi connectivity index (χ4n) is 1.99. The second-order valence-electron chi connectivity index (χ2n) is 4.81. The molecule has 19 heavy (non-hydrogen) atoms. The van der Waals surface area contributed by atoms with Gasteiger partial charge in [0, 0.05) is 25.3 Å². The summed E-state index contributed by atoms with van der Waals surface area (Å²) in [6, 6.07) is 8.24. The van der Waals surface area contributed by atoms with Gasteiger partial charge in [-0.15, -0.1) is 0 Å². The van der Waals surface area contributed by atoms with Crippen molar-refractivity contribution in [1.29, 1.82) is 0 Å². The van der Waals surface area contributed by atoms with Gasteiger partial charge < -0.3 is 16.0 Å². The van der Waals surface area contributed by atoms with Crippen LogP contribution in [-0.4, -0.2) is 25.5 Å². The minimum atomic E-state index is 0.0642. The number of carbonyl (C=O) groups excluding carboxylic acids is 1. The molecule has 0 heterocycles. The number of likely N-dealkylation sites (N-methyl/N-ethyl adjacent to an activating group) is 1. The molecule has 4 nitrogen and oxygen atoms in total. The maximum absolute atomic E-state index is 11.9. The summed E-state index contributed by atoms with van der Waals surface area (Å²) in [5, 5.41) is 3.04. The summed E-state index contributed by atoms with van der Waals surface area (Å²) in [6.07, 6.45) is 1.93. The highest BCUT2D eigenvalue weighted by atomic mass is 16.2. The van der Waals surface area contributed by atoms with Crippen molar-refractivity contribution in [3.63, 3.8) is 0 Å². The number of amides is 1. The summed E-state index contributed by atoms with van der Waals surface area (Å²) >= 11 is 0. The highest BCUT2D eigenvalue weighted by molar-refractivity contribution is 5.81. The number of hydrogen-bond acceptors (Lipinski definition) is 3. The molecule has 1 amide bonds. The molecule has 0 saturated carbocycles. The Hall–Kier alpha value is -1.55. The summed E-state index contributed by atoms with van der Waals surface area (Å²) in [4.78, 5) is 13.9. The molecule has 0 fully saturated rings. The molecule has 0 aliphatic carbocycles. The molecule has 1 rings (SSSR count). The van der Waals surface area contributed by atoms with Crippen LogP contribution in [0.25, 0.3) is 0 Å². The zero-order valence-electron chi connectivity index (χ0n) is 12.1. The second kappa shape index (κ2) is 7.79. The van der Waals surface area contributed by atoms with E-state index in [0.29, 0.717) is 13.1 Å². The molecule has 0 radical (unpaired) electrons. The third-order valence-electron chi connectivity index (χ3n) is 3.32. The number of hydrogen-bond donors (Lipinski definition) is 2. The van der Waals surface area contributed by atoms with E-state index in [-0.39, 0.29) is 11.9 Å². The number of carbonyl (C=O) groups is 1. The lowest BCUT2D eigenvalue weighted by Crippen LogP contribution is -2.40. The monoisotopic (exact) mass is 263 g/mol. The lowest BCUT2D eigenvalue weighted by atomic mass is 10.1. The molecule has 106 valence electrons. The first-order valence-corrected chi connectivity index (χ1v) is 6.90. The summed E-state index contributed by atoms with van der Waals surface area (Å²) in [6.45, 7) is 5.05. The van der Waals surface area contributed by atoms with Crippen molar-refractivity contribution in [1.82, 2.24) is 5.32 Å². The van der Waals surface area contributed by atoms with E-state index in [0.717, 1.165) is 24.1 Å². The Balaban J connectivity index is 2.58. The van der Waals surface area contributed by atoms with Gasteiger partial charge in [-0.1, -0.05) is 26.0 Å². The smallest absolute Gasteiger partial charge is 0.239 e. The minimum absolute atomic E-state index is 0.0642. The summed E-state index contributed by atoms with van der Waals surface area (Å²) in [7, 11) is 1.92. The van der Waals surface area contributed by atoms with Gasteiger partial charge in [-0.3, -0.25) is 4.79 Å². The van der Waals surface area contributed by atoms with Crippen LogP contribution in [0, 0.1) is 0 Å². The second-order valence-corrected chi connectivity index (χ2v) is 4.81. The van der Waals surface area contributed by atoms with Crippen LogP contribution >= 0.6 is 0 Å². The van der Waals surface area contributed by atoms with Crippen molar-refractivity contribution in [2.75, 3.05) is 18.5 Å². The largest absolute Gasteiger partial charge is 0.365 e. The topological polar surface area (TPSA) is 58.4 Å². The molecule has 0 bridgehead atoms. The van der Waals surface area contributed by atoms with Gasteiger partial charge in [0.05, 0.1) is 6.54 Å². The van der Waals surface area contributed by atoms with Gasteiger partial charge in [0.25, 0.3) is 0 Å². The maximum atomic E-state index is 11.9. The van der Waals surface area contributed by atoms with Crippen LogP contribution in [0.15, 0.2) is 24.3 Å². The van der Waals surface area contributed by atoms with Crippen molar-refractivity contribution in [3.8, 4) is 0 Å². The van der Waals surface area contributed by atoms with Crippen molar-refractivity contribution < 1.29 is 4.79 Å². The van der Waals surface area contributed by atoms with E-state index in [9.17, 15) is 4.79 Å². The Morgan fingerprint density at radius 2 is 2.05 bits per heavy atom. The van der Waals surface area contributed by atoms with Gasteiger partial charge in [0.1, 0.15) is 0 Å². The summed E-state index contributed by atoms with van der Waals surface area (Å²) < 4.78 is 0. The number of nitrogens with two attached hydrogens (primary N) is 1. The number of rotatable bonds is 7. The van der Waals surface area contributed by atoms with E-state index in [1.54, 1.807) is 0 Å². The van der Waals surface area contributed by atoms with Crippen molar-refractivity contribution >= 4 is 11.6 Å². The Labute approximate surface area is 116 Å². The molecule has 0 aliphatic rings. The molecule has 0 spiro atoms. The third kappa shape index (κ3) is 4.91. The average molecular weight is 263 g/mol. The van der Waals surface area contributed by atoms with E-state index in [4.69, 9.17) is 5.73 Å². The van der Waals surface area contributed by atoms with Crippen molar-refractivity contribution in [2.24, 2.45) is 5.73 Å². The lowest BCUT2D eigenvalue weighted by Gasteiger charge is -2.21. The van der Waals surface area contributed by atoms with Crippen molar-refractivity contribution in [2.45, 2.75) is 39.3 Å². The predicted molar refractivity (Wildman–Crippen MR) is 80.1 cm³/mol. The fraction of sp³-hybridized carbons (Fsp3) is 0.533. The van der Waals surface area contributed by atoms with Crippen LogP contribution in [0.2, 0.25) is 0 Å². The zero-order valence-corrected chi connectivity index (χ0v) is 12.1. The van der Waals surface area contributed by atoms with E-state index >= 15 is 0 Å². The van der Waals surface area contributed by atoms with Gasteiger partial charge in [-0.2, -0.15) is 0 Å². The molecular formula is C15H25N3O. The van der Waals surface area contributed by atoms with E-state index in [2.05, 4.69) is 19.2 Å². The Kier molecular flexibility index (Phi) is 6.36. The first-order chi connectivity index (χ1) is 9.10. The van der Waals surface area contributed by atoms with E-state index in [1.807, 2.05) is 36.2 Å². The van der Waals surface area contributed by atoms with Crippen LogP contribution in [0.3, 0.4) is 0 Å². The van der Waals surface area contributed by atoms with Gasteiger partial charge in [-0.25, -0.2) is 0 Å². The third-order valence-corrected chi connectivity index (χ3v) is 3.32. The quantitative estimate of drug-likeness (QED) is 0.790. The average Bonchev–Trinajstić information content (AvgIpc) is 2.44. The highest BCUT2D eigenvalue weighted by Gasteiger charge is 2.11. The zero-order chi connectivity index (χ0) is 14.3. The Morgan fingerprint density at radius 1 is 1.37 bits per heavy atom. The fourth-order valence-corrected chi connectivity index (χ4v) is 1.99. The van der Waals surface area contributed by atoms with Gasteiger partial charge >= 0.3 is 0 Å². The summed E-state index contributed by atoms with van der Waals surface area (Å²) in [5.74, 6) is 0.0642. The predicted octanol–water partition coefficient (Wildman–Crippen LogP) is 1.89. The molecular weight excluding hydrogens is 238 g/mol. The number of benzene rings is 1. The molecule has 0 aromatic heterocycles. The highest BCUT2D eigenvalue weighted by Crippen LogP contribution is 2.14. The standard InChI is InChI=1S/C15H25N3O/c1-4-13(5-2)17-15(19)11-18(3)14-8-6-7-12(9-14)10-16/h6-9,13H,4-5,10-11,16H2,1-3H3,(H,17,19). The Morgan fingerprint density at radius 3 is 2.63 bits per heavy atom. The van der Waals surface area contributed by atoms with Crippen LogP contribution in [-0.2, 0) is 11.3 Å².